The van der Waals surface area contributed by atoms with E-state index in [1.54, 1.807) is 48.5 Å². The van der Waals surface area contributed by atoms with Crippen LogP contribution in [0.15, 0.2) is 78.9 Å². The van der Waals surface area contributed by atoms with E-state index in [-0.39, 0.29) is 37.5 Å². The maximum Gasteiger partial charge on any atom is 0.416 e. The molecule has 3 aromatic rings. The summed E-state index contributed by atoms with van der Waals surface area (Å²) in [5.41, 5.74) is -0.789. The van der Waals surface area contributed by atoms with Crippen LogP contribution in [0.5, 0.6) is 5.75 Å². The summed E-state index contributed by atoms with van der Waals surface area (Å²) in [4.78, 5) is 66.6. The predicted octanol–water partition coefficient (Wildman–Crippen LogP) is 2.44. The topological polar surface area (TPSA) is 155 Å². The summed E-state index contributed by atoms with van der Waals surface area (Å²) >= 11 is 0. The Kier molecular flexibility index (Phi) is 10.5. The fourth-order valence-corrected chi connectivity index (χ4v) is 5.31. The van der Waals surface area contributed by atoms with Gasteiger partial charge in [-0.2, -0.15) is 13.2 Å². The highest BCUT2D eigenvalue weighted by molar-refractivity contribution is 5.99. The van der Waals surface area contributed by atoms with Crippen LogP contribution in [-0.4, -0.2) is 66.4 Å². The minimum atomic E-state index is -4.59. The van der Waals surface area contributed by atoms with Crippen molar-refractivity contribution in [1.82, 2.24) is 26.6 Å². The Morgan fingerprint density at radius 1 is 0.878 bits per heavy atom. The average Bonchev–Trinajstić information content (AvgIpc) is 3.86. The zero-order valence-electron chi connectivity index (χ0n) is 26.6. The molecule has 1 saturated carbocycles. The smallest absolute Gasteiger partial charge is 0.416 e. The molecule has 2 aliphatic heterocycles. The molecule has 0 saturated heterocycles. The lowest BCUT2D eigenvalue weighted by Crippen LogP contribution is -2.59. The van der Waals surface area contributed by atoms with Crippen LogP contribution in [-0.2, 0) is 38.2 Å². The second kappa shape index (κ2) is 14.8. The molecule has 1 spiro atoms. The van der Waals surface area contributed by atoms with Gasteiger partial charge in [0.15, 0.2) is 0 Å². The Labute approximate surface area is 280 Å². The Hall–Kier alpha value is -5.40. The second-order valence-corrected chi connectivity index (χ2v) is 12.1. The third-order valence-electron chi connectivity index (χ3n) is 8.33. The van der Waals surface area contributed by atoms with Crippen molar-refractivity contribution in [2.45, 2.75) is 62.4 Å². The first-order valence-corrected chi connectivity index (χ1v) is 15.8. The number of hydrogen-bond acceptors (Lipinski definition) is 6. The first-order valence-electron chi connectivity index (χ1n) is 15.8. The normalized spacial score (nSPS) is 21.8. The van der Waals surface area contributed by atoms with Crippen LogP contribution >= 0.6 is 0 Å². The lowest BCUT2D eigenvalue weighted by Gasteiger charge is -2.25. The van der Waals surface area contributed by atoms with Crippen LogP contribution in [0.1, 0.15) is 46.8 Å². The molecule has 0 aromatic heterocycles. The molecule has 3 atom stereocenters. The number of halogens is 3. The van der Waals surface area contributed by atoms with Crippen molar-refractivity contribution in [3.63, 3.8) is 0 Å². The van der Waals surface area contributed by atoms with Gasteiger partial charge in [0.2, 0.25) is 23.6 Å². The van der Waals surface area contributed by atoms with Crippen molar-refractivity contribution >= 4 is 29.5 Å². The fourth-order valence-electron chi connectivity index (χ4n) is 5.31. The predicted molar refractivity (Wildman–Crippen MR) is 171 cm³/mol. The summed E-state index contributed by atoms with van der Waals surface area (Å²) in [6, 6.07) is 15.7. The highest BCUT2D eigenvalue weighted by atomic mass is 19.4. The van der Waals surface area contributed by atoms with E-state index < -0.39 is 59.0 Å². The first kappa shape index (κ1) is 34.9. The van der Waals surface area contributed by atoms with E-state index in [0.717, 1.165) is 29.8 Å². The number of hydrogen-bond donors (Lipinski definition) is 5. The highest BCUT2D eigenvalue weighted by Crippen LogP contribution is 2.35. The van der Waals surface area contributed by atoms with Gasteiger partial charge in [-0.15, -0.1) is 0 Å². The summed E-state index contributed by atoms with van der Waals surface area (Å²) in [5, 5.41) is 13.4. The standard InChI is InChI=1S/C35H36F3N5O6/c1-21-29(44)41-28(19-22-5-3-2-4-6-22)32(47)43-34(15-16-34)33(48)39-17-18-49-26-13-7-23(8-14-26)20-27(31(46)40-21)42-30(45)24-9-11-25(12-10-24)35(36,37)38/h2-14,21,27-28H,15-20H2,1H3,(H,39,48)(H,40,46)(H,41,44)(H,42,45)(H,43,47)/t21-,27-,28+/m0/s1. The molecule has 49 heavy (non-hydrogen) atoms. The second-order valence-electron chi connectivity index (χ2n) is 12.1. The molecular weight excluding hydrogens is 643 g/mol. The monoisotopic (exact) mass is 679 g/mol. The number of carbonyl (C=O) groups is 5. The van der Waals surface area contributed by atoms with Crippen molar-refractivity contribution in [2.24, 2.45) is 0 Å². The lowest BCUT2D eigenvalue weighted by atomic mass is 10.0. The summed E-state index contributed by atoms with van der Waals surface area (Å²) < 4.78 is 44.9. The quantitative estimate of drug-likeness (QED) is 0.267. The number of carbonyl (C=O) groups excluding carboxylic acids is 5. The molecule has 11 nitrogen and oxygen atoms in total. The molecule has 0 unspecified atom stereocenters. The zero-order valence-corrected chi connectivity index (χ0v) is 26.6. The SMILES string of the molecule is C[C@@H]1NC(=O)[C@@H](NC(=O)c2ccc(C(F)(F)F)cc2)Cc2ccc(cc2)OCCNC(=O)C2(CC2)NC(=O)[C@@H](Cc2ccccc2)NC1=O. The van der Waals surface area contributed by atoms with E-state index in [0.29, 0.717) is 24.2 Å². The molecular formula is C35H36F3N5O6. The van der Waals surface area contributed by atoms with E-state index in [4.69, 9.17) is 4.74 Å². The van der Waals surface area contributed by atoms with Gasteiger partial charge in [-0.3, -0.25) is 24.0 Å². The van der Waals surface area contributed by atoms with Gasteiger partial charge < -0.3 is 31.3 Å². The summed E-state index contributed by atoms with van der Waals surface area (Å²) in [6.45, 7) is 1.71. The molecule has 2 heterocycles. The summed E-state index contributed by atoms with van der Waals surface area (Å²) in [7, 11) is 0. The molecule has 1 fully saturated rings. The van der Waals surface area contributed by atoms with Gasteiger partial charge in [0, 0.05) is 18.4 Å². The molecule has 258 valence electrons. The first-order chi connectivity index (χ1) is 23.3. The number of amides is 5. The number of alkyl halides is 3. The Morgan fingerprint density at radius 3 is 2.18 bits per heavy atom. The van der Waals surface area contributed by atoms with Crippen LogP contribution in [0.2, 0.25) is 0 Å². The molecule has 2 bridgehead atoms. The van der Waals surface area contributed by atoms with Gasteiger partial charge in [-0.05, 0) is 67.3 Å². The maximum absolute atomic E-state index is 13.6. The molecule has 5 N–H and O–H groups in total. The van der Waals surface area contributed by atoms with Crippen LogP contribution in [0.4, 0.5) is 13.2 Å². The number of ether oxygens (including phenoxy) is 1. The zero-order chi connectivity index (χ0) is 35.2. The fraction of sp³-hybridized carbons (Fsp3) is 0.343. The van der Waals surface area contributed by atoms with Gasteiger partial charge >= 0.3 is 6.18 Å². The van der Waals surface area contributed by atoms with Crippen molar-refractivity contribution in [2.75, 3.05) is 13.2 Å². The van der Waals surface area contributed by atoms with Gasteiger partial charge in [-0.1, -0.05) is 42.5 Å². The Morgan fingerprint density at radius 2 is 1.55 bits per heavy atom. The van der Waals surface area contributed by atoms with Crippen molar-refractivity contribution < 1.29 is 41.9 Å². The third kappa shape index (κ3) is 9.15. The van der Waals surface area contributed by atoms with Crippen LogP contribution < -0.4 is 31.3 Å². The van der Waals surface area contributed by atoms with Crippen molar-refractivity contribution in [3.05, 3.63) is 101 Å². The van der Waals surface area contributed by atoms with Crippen LogP contribution in [0.3, 0.4) is 0 Å². The van der Waals surface area contributed by atoms with Crippen molar-refractivity contribution in [3.8, 4) is 5.75 Å². The summed E-state index contributed by atoms with van der Waals surface area (Å²) in [6.07, 6.45) is -3.68. The van der Waals surface area contributed by atoms with Crippen molar-refractivity contribution in [1.29, 1.82) is 0 Å². The lowest BCUT2D eigenvalue weighted by molar-refractivity contribution is -0.137. The highest BCUT2D eigenvalue weighted by Gasteiger charge is 2.51. The molecule has 3 aromatic carbocycles. The Balaban J connectivity index is 1.38. The van der Waals surface area contributed by atoms with Gasteiger partial charge in [-0.25, -0.2) is 0 Å². The number of fused-ring (bicyclic) bond motifs is 15. The molecule has 0 radical (unpaired) electrons. The maximum atomic E-state index is 13.6. The molecule has 3 aliphatic rings. The van der Waals surface area contributed by atoms with E-state index >= 15 is 0 Å². The molecule has 1 aliphatic carbocycles. The minimum absolute atomic E-state index is 0.0377. The number of nitrogens with one attached hydrogen (secondary N) is 5. The molecule has 14 heteroatoms. The number of rotatable bonds is 4. The van der Waals surface area contributed by atoms with Gasteiger partial charge in [0.25, 0.3) is 5.91 Å². The largest absolute Gasteiger partial charge is 0.492 e. The minimum Gasteiger partial charge on any atom is -0.492 e. The molecule has 5 amide bonds. The van der Waals surface area contributed by atoms with Gasteiger partial charge in [0.1, 0.15) is 36.0 Å². The third-order valence-corrected chi connectivity index (χ3v) is 8.33. The van der Waals surface area contributed by atoms with Gasteiger partial charge in [0.05, 0.1) is 12.1 Å². The average molecular weight is 680 g/mol. The number of benzene rings is 3. The Bertz CT molecular complexity index is 1680. The van der Waals surface area contributed by atoms with Crippen LogP contribution in [0.25, 0.3) is 0 Å². The van der Waals surface area contributed by atoms with Crippen LogP contribution in [0, 0.1) is 0 Å². The molecule has 6 rings (SSSR count). The van der Waals surface area contributed by atoms with E-state index in [9.17, 15) is 37.1 Å². The van der Waals surface area contributed by atoms with E-state index in [1.165, 1.54) is 6.92 Å². The summed E-state index contributed by atoms with van der Waals surface area (Å²) in [5.74, 6) is -2.68. The van der Waals surface area contributed by atoms with E-state index in [2.05, 4.69) is 26.6 Å². The van der Waals surface area contributed by atoms with E-state index in [1.807, 2.05) is 6.07 Å².